The van der Waals surface area contributed by atoms with Gasteiger partial charge in [-0.15, -0.1) is 0 Å². The van der Waals surface area contributed by atoms with Crippen LogP contribution in [0.5, 0.6) is 0 Å². The quantitative estimate of drug-likeness (QED) is 0.781. The minimum absolute atomic E-state index is 0.450. The molecule has 0 aliphatic carbocycles. The first-order chi connectivity index (χ1) is 8.33. The summed E-state index contributed by atoms with van der Waals surface area (Å²) >= 11 is 0. The molecule has 2 aromatic rings. The number of aryl methyl sites for hydroxylation is 1. The van der Waals surface area contributed by atoms with E-state index in [1.165, 1.54) is 5.56 Å². The van der Waals surface area contributed by atoms with Gasteiger partial charge < -0.3 is 4.90 Å². The summed E-state index contributed by atoms with van der Waals surface area (Å²) in [7, 11) is 0. The summed E-state index contributed by atoms with van der Waals surface area (Å²) in [5, 5.41) is 4.38. The molecule has 3 heterocycles. The third-order valence-electron chi connectivity index (χ3n) is 3.14. The van der Waals surface area contributed by atoms with E-state index in [-0.39, 0.29) is 0 Å². The lowest BCUT2D eigenvalue weighted by Gasteiger charge is -2.16. The Labute approximate surface area is 100 Å². The molecule has 0 bridgehead atoms. The van der Waals surface area contributed by atoms with Crippen LogP contribution in [0.2, 0.25) is 0 Å². The van der Waals surface area contributed by atoms with Gasteiger partial charge in [-0.05, 0) is 18.9 Å². The fraction of sp³-hybridized carbons (Fsp3) is 0.417. The predicted molar refractivity (Wildman–Crippen MR) is 64.9 cm³/mol. The van der Waals surface area contributed by atoms with Gasteiger partial charge in [0.05, 0.1) is 18.4 Å². The van der Waals surface area contributed by atoms with Crippen molar-refractivity contribution in [2.45, 2.75) is 19.4 Å². The van der Waals surface area contributed by atoms with Crippen LogP contribution >= 0.6 is 0 Å². The normalized spacial score (nSPS) is 19.8. The van der Waals surface area contributed by atoms with Gasteiger partial charge in [0.15, 0.2) is 0 Å². The number of hydrogen-bond donors (Lipinski definition) is 0. The molecule has 0 N–H and O–H groups in total. The van der Waals surface area contributed by atoms with Crippen LogP contribution in [0.25, 0.3) is 0 Å². The van der Waals surface area contributed by atoms with Crippen molar-refractivity contribution in [2.24, 2.45) is 0 Å². The number of nitrogens with zero attached hydrogens (tertiary/aromatic N) is 5. The predicted octanol–water partition coefficient (Wildman–Crippen LogP) is 1.43. The van der Waals surface area contributed by atoms with Crippen LogP contribution in [0.3, 0.4) is 0 Å². The number of anilines is 1. The summed E-state index contributed by atoms with van der Waals surface area (Å²) < 4.78 is 2.06. The highest BCUT2D eigenvalue weighted by Crippen LogP contribution is 2.24. The maximum atomic E-state index is 4.38. The molecule has 0 radical (unpaired) electrons. The van der Waals surface area contributed by atoms with Crippen LogP contribution in [0, 0.1) is 6.92 Å². The smallest absolute Gasteiger partial charge is 0.147 e. The zero-order chi connectivity index (χ0) is 11.7. The van der Waals surface area contributed by atoms with Crippen LogP contribution in [-0.4, -0.2) is 32.8 Å². The number of aromatic nitrogens is 4. The van der Waals surface area contributed by atoms with E-state index < -0.39 is 0 Å². The van der Waals surface area contributed by atoms with Crippen molar-refractivity contribution in [3.05, 3.63) is 36.5 Å². The average molecular weight is 229 g/mol. The van der Waals surface area contributed by atoms with Crippen LogP contribution in [0.15, 0.2) is 31.0 Å². The van der Waals surface area contributed by atoms with Gasteiger partial charge >= 0.3 is 0 Å². The Morgan fingerprint density at radius 2 is 2.24 bits per heavy atom. The van der Waals surface area contributed by atoms with E-state index in [1.54, 1.807) is 12.4 Å². The molecule has 2 aromatic heterocycles. The van der Waals surface area contributed by atoms with Crippen molar-refractivity contribution in [2.75, 3.05) is 18.0 Å². The molecule has 5 heteroatoms. The number of hydrogen-bond acceptors (Lipinski definition) is 4. The molecule has 0 aromatic carbocycles. The Morgan fingerprint density at radius 1 is 1.29 bits per heavy atom. The van der Waals surface area contributed by atoms with Crippen molar-refractivity contribution in [3.63, 3.8) is 0 Å². The maximum absolute atomic E-state index is 4.38. The van der Waals surface area contributed by atoms with Crippen LogP contribution < -0.4 is 4.90 Å². The van der Waals surface area contributed by atoms with E-state index in [9.17, 15) is 0 Å². The Balaban J connectivity index is 1.74. The lowest BCUT2D eigenvalue weighted by molar-refractivity contribution is 0.494. The van der Waals surface area contributed by atoms with Gasteiger partial charge in [-0.1, -0.05) is 0 Å². The second-order valence-electron chi connectivity index (χ2n) is 4.45. The van der Waals surface area contributed by atoms with Gasteiger partial charge in [-0.2, -0.15) is 5.10 Å². The molecule has 1 aliphatic heterocycles. The molecule has 1 aliphatic rings. The molecular formula is C12H15N5. The van der Waals surface area contributed by atoms with Gasteiger partial charge in [0, 0.05) is 31.7 Å². The van der Waals surface area contributed by atoms with Crippen molar-refractivity contribution in [1.82, 2.24) is 19.7 Å². The summed E-state index contributed by atoms with van der Waals surface area (Å²) in [6.45, 7) is 4.04. The van der Waals surface area contributed by atoms with Gasteiger partial charge in [-0.3, -0.25) is 9.67 Å². The fourth-order valence-electron chi connectivity index (χ4n) is 2.25. The first kappa shape index (κ1) is 10.3. The lowest BCUT2D eigenvalue weighted by atomic mass is 10.3. The molecule has 1 saturated heterocycles. The second kappa shape index (κ2) is 4.16. The molecule has 88 valence electrons. The van der Waals surface area contributed by atoms with Crippen molar-refractivity contribution < 1.29 is 0 Å². The fourth-order valence-corrected chi connectivity index (χ4v) is 2.25. The molecule has 17 heavy (non-hydrogen) atoms. The standard InChI is InChI=1S/C12H15N5/c1-10-6-15-17(8-10)11-2-5-16(9-11)12-7-13-3-4-14-12/h3-4,6-8,11H,2,5,9H2,1H3. The van der Waals surface area contributed by atoms with Crippen LogP contribution in [0.4, 0.5) is 5.82 Å². The molecule has 1 atom stereocenters. The first-order valence-electron chi connectivity index (χ1n) is 5.84. The monoisotopic (exact) mass is 229 g/mol. The molecule has 3 rings (SSSR count). The summed E-state index contributed by atoms with van der Waals surface area (Å²) in [5.41, 5.74) is 1.21. The number of rotatable bonds is 2. The highest BCUT2D eigenvalue weighted by molar-refractivity contribution is 5.36. The topological polar surface area (TPSA) is 46.8 Å². The minimum atomic E-state index is 0.450. The highest BCUT2D eigenvalue weighted by atomic mass is 15.3. The average Bonchev–Trinajstić information content (AvgIpc) is 2.98. The van der Waals surface area contributed by atoms with Gasteiger partial charge in [0.1, 0.15) is 5.82 Å². The summed E-state index contributed by atoms with van der Waals surface area (Å²) in [6, 6.07) is 0.450. The third-order valence-corrected chi connectivity index (χ3v) is 3.14. The van der Waals surface area contributed by atoms with E-state index >= 15 is 0 Å². The Hall–Kier alpha value is -1.91. The van der Waals surface area contributed by atoms with E-state index in [0.29, 0.717) is 6.04 Å². The maximum Gasteiger partial charge on any atom is 0.147 e. The SMILES string of the molecule is Cc1cnn(C2CCN(c3cnccn3)C2)c1. The van der Waals surface area contributed by atoms with E-state index in [4.69, 9.17) is 0 Å². The highest BCUT2D eigenvalue weighted by Gasteiger charge is 2.25. The molecular weight excluding hydrogens is 214 g/mol. The first-order valence-corrected chi connectivity index (χ1v) is 5.84. The van der Waals surface area contributed by atoms with E-state index in [0.717, 1.165) is 25.3 Å². The molecule has 5 nitrogen and oxygen atoms in total. The third kappa shape index (κ3) is 2.00. The molecule has 1 fully saturated rings. The van der Waals surface area contributed by atoms with Crippen molar-refractivity contribution in [3.8, 4) is 0 Å². The molecule has 0 spiro atoms. The van der Waals surface area contributed by atoms with Gasteiger partial charge in [0.2, 0.25) is 0 Å². The Kier molecular flexibility index (Phi) is 2.51. The van der Waals surface area contributed by atoms with Crippen molar-refractivity contribution >= 4 is 5.82 Å². The molecule has 1 unspecified atom stereocenters. The Morgan fingerprint density at radius 3 is 2.94 bits per heavy atom. The van der Waals surface area contributed by atoms with Crippen LogP contribution in [0.1, 0.15) is 18.0 Å². The van der Waals surface area contributed by atoms with Crippen LogP contribution in [-0.2, 0) is 0 Å². The largest absolute Gasteiger partial charge is 0.353 e. The summed E-state index contributed by atoms with van der Waals surface area (Å²) in [4.78, 5) is 10.7. The lowest BCUT2D eigenvalue weighted by Crippen LogP contribution is -2.22. The van der Waals surface area contributed by atoms with Gasteiger partial charge in [0.25, 0.3) is 0 Å². The molecule has 0 amide bonds. The second-order valence-corrected chi connectivity index (χ2v) is 4.45. The zero-order valence-electron chi connectivity index (χ0n) is 9.82. The Bertz CT molecular complexity index is 493. The minimum Gasteiger partial charge on any atom is -0.353 e. The van der Waals surface area contributed by atoms with E-state index in [1.807, 2.05) is 12.4 Å². The summed E-state index contributed by atoms with van der Waals surface area (Å²) in [6.07, 6.45) is 10.4. The molecule has 0 saturated carbocycles. The van der Waals surface area contributed by atoms with Crippen molar-refractivity contribution in [1.29, 1.82) is 0 Å². The van der Waals surface area contributed by atoms with Gasteiger partial charge in [-0.25, -0.2) is 4.98 Å². The van der Waals surface area contributed by atoms with E-state index in [2.05, 4.69) is 37.8 Å². The zero-order valence-corrected chi connectivity index (χ0v) is 9.82. The summed E-state index contributed by atoms with van der Waals surface area (Å²) in [5.74, 6) is 0.957.